The highest BCUT2D eigenvalue weighted by atomic mass is 32.2. The molecule has 3 aliphatic rings. The average molecular weight is 847 g/mol. The van der Waals surface area contributed by atoms with Crippen molar-refractivity contribution >= 4 is 77.2 Å². The second kappa shape index (κ2) is 17.4. The third-order valence-corrected chi connectivity index (χ3v) is 12.2. The molecule has 6 rings (SSSR count). The van der Waals surface area contributed by atoms with Crippen molar-refractivity contribution in [3.8, 4) is 0 Å². The maximum atomic E-state index is 14.0. The zero-order valence-electron chi connectivity index (χ0n) is 31.3. The Morgan fingerprint density at radius 1 is 1.05 bits per heavy atom. The summed E-state index contributed by atoms with van der Waals surface area (Å²) in [6.45, 7) is 1.90. The predicted octanol–water partition coefficient (Wildman–Crippen LogP) is 0.337. The van der Waals surface area contributed by atoms with Crippen molar-refractivity contribution in [1.82, 2.24) is 30.7 Å². The molecule has 2 saturated heterocycles. The Bertz CT molecular complexity index is 2260. The van der Waals surface area contributed by atoms with Gasteiger partial charge in [0, 0.05) is 65.9 Å². The highest BCUT2D eigenvalue weighted by Gasteiger charge is 2.66. The minimum absolute atomic E-state index is 0.0826. The van der Waals surface area contributed by atoms with Crippen LogP contribution in [0.1, 0.15) is 28.9 Å². The van der Waals surface area contributed by atoms with Crippen LogP contribution >= 0.6 is 23.5 Å². The number of carboxylic acid groups (broad SMARTS) is 1. The Hall–Kier alpha value is -6.81. The first-order valence-corrected chi connectivity index (χ1v) is 19.8. The Labute approximate surface area is 343 Å². The number of aromatic nitrogens is 1. The van der Waals surface area contributed by atoms with E-state index in [0.717, 1.165) is 16.7 Å². The number of nitro benzene ring substituents is 1. The number of rotatable bonds is 14. The number of thioether (sulfide) groups is 2. The number of non-ortho nitro benzene ring substituents is 1. The minimum atomic E-state index is -2.12. The summed E-state index contributed by atoms with van der Waals surface area (Å²) in [7, 11) is 1.51. The van der Waals surface area contributed by atoms with E-state index in [1.807, 2.05) is 0 Å². The van der Waals surface area contributed by atoms with Gasteiger partial charge < -0.3 is 26.0 Å². The fourth-order valence-corrected chi connectivity index (χ4v) is 9.03. The normalized spacial score (nSPS) is 19.3. The summed E-state index contributed by atoms with van der Waals surface area (Å²) in [4.78, 5) is 118. The number of nitrogens with zero attached hydrogens (tertiary/aromatic N) is 6. The Morgan fingerprint density at radius 2 is 1.73 bits per heavy atom. The molecule has 0 unspecified atom stereocenters. The minimum Gasteiger partial charge on any atom is -0.477 e. The standard InChI is InChI=1S/C37H35N9O11S2/c1-3-42-17-18-44(32(51)31(42)50)36(55)39-27(22-7-5-4-6-8-22)29(48)40-37(38-21-47)34(54)45-28(33(52)53)24(20-59-35(37)45)19-58-26-13-15-43(16-14-26)41(2)30(49)23-9-11-25(12-10-23)46(56)57/h4-16,21,27,35H,3,17-20H2,1-2H3,(H3-,38,39,40,47,48,52,53,55)/p+1/t27-,35-,37-/m1/s1. The summed E-state index contributed by atoms with van der Waals surface area (Å²) < 4.78 is 1.49. The number of hydrogen-bond acceptors (Lipinski definition) is 12. The van der Waals surface area contributed by atoms with Crippen molar-refractivity contribution in [2.24, 2.45) is 0 Å². The molecule has 1 aromatic heterocycles. The molecular weight excluding hydrogens is 811 g/mol. The van der Waals surface area contributed by atoms with Crippen LogP contribution in [0.5, 0.6) is 0 Å². The van der Waals surface area contributed by atoms with E-state index in [4.69, 9.17) is 0 Å². The van der Waals surface area contributed by atoms with E-state index >= 15 is 0 Å². The number of imide groups is 1. The second-order valence-electron chi connectivity index (χ2n) is 13.1. The summed E-state index contributed by atoms with van der Waals surface area (Å²) in [5, 5.41) is 28.8. The van der Waals surface area contributed by atoms with Gasteiger partial charge in [-0.3, -0.25) is 48.7 Å². The molecule has 22 heteroatoms. The molecule has 59 heavy (non-hydrogen) atoms. The van der Waals surface area contributed by atoms with Gasteiger partial charge >= 0.3 is 29.7 Å². The molecule has 3 aliphatic heterocycles. The zero-order chi connectivity index (χ0) is 42.6. The van der Waals surface area contributed by atoms with Crippen molar-refractivity contribution in [1.29, 1.82) is 0 Å². The van der Waals surface area contributed by atoms with Crippen molar-refractivity contribution in [3.63, 3.8) is 0 Å². The predicted molar refractivity (Wildman–Crippen MR) is 208 cm³/mol. The summed E-state index contributed by atoms with van der Waals surface area (Å²) in [5.74, 6) is -5.52. The molecule has 4 N–H and O–H groups in total. The van der Waals surface area contributed by atoms with Crippen LogP contribution in [0.3, 0.4) is 0 Å². The summed E-state index contributed by atoms with van der Waals surface area (Å²) in [5.41, 5.74) is -1.75. The van der Waals surface area contributed by atoms with Gasteiger partial charge in [0.2, 0.25) is 30.4 Å². The number of piperazine rings is 1. The number of aliphatic carboxylic acids is 1. The second-order valence-corrected chi connectivity index (χ2v) is 15.2. The number of urea groups is 1. The first-order valence-electron chi connectivity index (χ1n) is 17.8. The summed E-state index contributed by atoms with van der Waals surface area (Å²) in [6, 6.07) is 13.8. The van der Waals surface area contributed by atoms with Crippen LogP contribution in [0.15, 0.2) is 95.3 Å². The molecular formula is C37H36N9O11S2+. The largest absolute Gasteiger partial charge is 0.477 e. The van der Waals surface area contributed by atoms with Crippen LogP contribution in [-0.2, 0) is 28.8 Å². The van der Waals surface area contributed by atoms with Crippen molar-refractivity contribution < 1.29 is 53.1 Å². The molecule has 0 radical (unpaired) electrons. The molecule has 2 fully saturated rings. The molecule has 2 aromatic carbocycles. The smallest absolute Gasteiger partial charge is 0.352 e. The van der Waals surface area contributed by atoms with Gasteiger partial charge in [-0.25, -0.2) is 9.59 Å². The lowest BCUT2D eigenvalue weighted by Gasteiger charge is -2.56. The topological polar surface area (TPSA) is 253 Å². The fourth-order valence-electron chi connectivity index (χ4n) is 6.58. The van der Waals surface area contributed by atoms with Gasteiger partial charge in [-0.15, -0.1) is 28.5 Å². The number of carbonyl (C=O) groups is 8. The maximum absolute atomic E-state index is 14.0. The molecule has 0 aliphatic carbocycles. The number of carbonyl (C=O) groups excluding carboxylic acids is 7. The molecule has 4 heterocycles. The quantitative estimate of drug-likeness (QED) is 0.0250. The van der Waals surface area contributed by atoms with E-state index in [1.165, 1.54) is 69.8 Å². The molecule has 306 valence electrons. The van der Waals surface area contributed by atoms with Crippen LogP contribution in [0.2, 0.25) is 0 Å². The maximum Gasteiger partial charge on any atom is 0.352 e. The number of nitrogens with one attached hydrogen (secondary N) is 3. The molecule has 8 amide bonds. The van der Waals surface area contributed by atoms with Gasteiger partial charge in [0.15, 0.2) is 0 Å². The molecule has 20 nitrogen and oxygen atoms in total. The van der Waals surface area contributed by atoms with Crippen LogP contribution in [0, 0.1) is 10.1 Å². The lowest BCUT2D eigenvalue weighted by Crippen LogP contribution is -2.85. The van der Waals surface area contributed by atoms with E-state index in [2.05, 4.69) is 16.0 Å². The SMILES string of the molecule is CCN1CCN(C(=O)N[C@@H](C(=O)N[C@]2(NC=O)C(=O)N3C(C(=O)O)=C(CSc4cc[n+](N(C)C(=O)c5ccc([N+](=O)[O-])cc5)cc4)CS[C@@H]32)c2ccccc2)C(=O)C1=O. The highest BCUT2D eigenvalue weighted by Crippen LogP contribution is 2.46. The number of benzene rings is 2. The van der Waals surface area contributed by atoms with Gasteiger partial charge in [-0.05, 0) is 30.2 Å². The number of nitro groups is 1. The van der Waals surface area contributed by atoms with Gasteiger partial charge in [-0.1, -0.05) is 35.0 Å². The van der Waals surface area contributed by atoms with E-state index in [-0.39, 0.29) is 60.1 Å². The zero-order valence-corrected chi connectivity index (χ0v) is 32.9. The lowest BCUT2D eigenvalue weighted by atomic mass is 9.94. The van der Waals surface area contributed by atoms with E-state index in [9.17, 15) is 53.6 Å². The van der Waals surface area contributed by atoms with E-state index in [0.29, 0.717) is 15.4 Å². The Morgan fingerprint density at radius 3 is 2.34 bits per heavy atom. The highest BCUT2D eigenvalue weighted by molar-refractivity contribution is 8.01. The number of β-lactam (4-membered cyclic amide) rings is 1. The monoisotopic (exact) mass is 846 g/mol. The molecule has 0 bridgehead atoms. The number of hydrogen-bond donors (Lipinski definition) is 4. The van der Waals surface area contributed by atoms with Crippen molar-refractivity contribution in [2.45, 2.75) is 28.9 Å². The molecule has 0 saturated carbocycles. The lowest BCUT2D eigenvalue weighted by molar-refractivity contribution is -0.679. The van der Waals surface area contributed by atoms with Gasteiger partial charge in [0.1, 0.15) is 17.1 Å². The van der Waals surface area contributed by atoms with E-state index < -0.39 is 63.5 Å². The number of fused-ring (bicyclic) bond motifs is 1. The van der Waals surface area contributed by atoms with Crippen molar-refractivity contribution in [2.75, 3.05) is 43.2 Å². The van der Waals surface area contributed by atoms with Crippen LogP contribution < -0.4 is 25.6 Å². The number of likely N-dealkylation sites (N-methyl/N-ethyl adjacent to an activating group) is 1. The Balaban J connectivity index is 1.16. The third kappa shape index (κ3) is 8.16. The molecule has 3 aromatic rings. The van der Waals surface area contributed by atoms with Gasteiger partial charge in [0.05, 0.1) is 12.0 Å². The van der Waals surface area contributed by atoms with Gasteiger partial charge in [-0.2, -0.15) is 0 Å². The summed E-state index contributed by atoms with van der Waals surface area (Å²) in [6.07, 6.45) is 3.39. The third-order valence-electron chi connectivity index (χ3n) is 9.72. The first-order chi connectivity index (χ1) is 28.2. The van der Waals surface area contributed by atoms with Crippen LogP contribution in [0.4, 0.5) is 10.5 Å². The number of amides is 8. The van der Waals surface area contributed by atoms with Gasteiger partial charge in [0.25, 0.3) is 11.6 Å². The van der Waals surface area contributed by atoms with Crippen molar-refractivity contribution in [3.05, 3.63) is 112 Å². The number of pyridine rings is 1. The van der Waals surface area contributed by atoms with E-state index in [1.54, 1.807) is 49.6 Å². The molecule has 0 spiro atoms. The van der Waals surface area contributed by atoms with Crippen LogP contribution in [0.25, 0.3) is 0 Å². The summed E-state index contributed by atoms with van der Waals surface area (Å²) >= 11 is 2.35. The molecule has 3 atom stereocenters. The first kappa shape index (κ1) is 41.8. The average Bonchev–Trinajstić information content (AvgIpc) is 3.24. The fraction of sp³-hybridized carbons (Fsp3) is 0.270. The van der Waals surface area contributed by atoms with Crippen LogP contribution in [-0.4, -0.2) is 122 Å². The Kier molecular flexibility index (Phi) is 12.3. The number of carboxylic acids is 1.